The van der Waals surface area contributed by atoms with Crippen molar-refractivity contribution in [3.8, 4) is 0 Å². The van der Waals surface area contributed by atoms with Crippen molar-refractivity contribution in [2.75, 3.05) is 12.3 Å². The molecular weight excluding hydrogens is 268 g/mol. The number of carbonyl (C=O) groups excluding carboxylic acids is 2. The maximum atomic E-state index is 11.7. The predicted octanol–water partition coefficient (Wildman–Crippen LogP) is 1.75. The molecular formula is C13H15ClN2O3. The summed E-state index contributed by atoms with van der Waals surface area (Å²) in [6.07, 6.45) is 2.22. The zero-order valence-electron chi connectivity index (χ0n) is 10.3. The highest BCUT2D eigenvalue weighted by Crippen LogP contribution is 2.20. The zero-order chi connectivity index (χ0) is 13.8. The third-order valence-electron chi connectivity index (χ3n) is 2.72. The van der Waals surface area contributed by atoms with Crippen LogP contribution >= 0.6 is 11.6 Å². The van der Waals surface area contributed by atoms with E-state index in [2.05, 4.69) is 5.32 Å². The molecule has 0 saturated heterocycles. The molecule has 1 aromatic carbocycles. The van der Waals surface area contributed by atoms with E-state index in [0.717, 1.165) is 12.8 Å². The van der Waals surface area contributed by atoms with Gasteiger partial charge in [0.2, 0.25) is 5.91 Å². The van der Waals surface area contributed by atoms with Crippen molar-refractivity contribution in [1.82, 2.24) is 5.32 Å². The van der Waals surface area contributed by atoms with E-state index in [1.165, 1.54) is 12.1 Å². The molecule has 0 aromatic heterocycles. The third-order valence-corrected chi connectivity index (χ3v) is 3.04. The van der Waals surface area contributed by atoms with Crippen LogP contribution in [0.2, 0.25) is 5.02 Å². The molecule has 5 nitrogen and oxygen atoms in total. The van der Waals surface area contributed by atoms with Crippen LogP contribution in [0.25, 0.3) is 0 Å². The second-order valence-electron chi connectivity index (χ2n) is 4.47. The van der Waals surface area contributed by atoms with Gasteiger partial charge in [-0.25, -0.2) is 4.79 Å². The van der Waals surface area contributed by atoms with Gasteiger partial charge >= 0.3 is 5.97 Å². The Morgan fingerprint density at radius 1 is 1.42 bits per heavy atom. The number of amides is 1. The second kappa shape index (κ2) is 5.93. The molecule has 0 spiro atoms. The summed E-state index contributed by atoms with van der Waals surface area (Å²) in [4.78, 5) is 23.1. The van der Waals surface area contributed by atoms with Crippen LogP contribution in [0.4, 0.5) is 5.69 Å². The summed E-state index contributed by atoms with van der Waals surface area (Å²) in [6, 6.07) is 4.90. The summed E-state index contributed by atoms with van der Waals surface area (Å²) < 4.78 is 5.00. The van der Waals surface area contributed by atoms with Gasteiger partial charge in [0.05, 0.1) is 17.0 Å². The van der Waals surface area contributed by atoms with Crippen molar-refractivity contribution >= 4 is 29.2 Å². The van der Waals surface area contributed by atoms with Gasteiger partial charge in [-0.1, -0.05) is 11.6 Å². The lowest BCUT2D eigenvalue weighted by molar-refractivity contribution is -0.121. The summed E-state index contributed by atoms with van der Waals surface area (Å²) >= 11 is 5.87. The fourth-order valence-electron chi connectivity index (χ4n) is 1.54. The molecule has 0 atom stereocenters. The average molecular weight is 283 g/mol. The quantitative estimate of drug-likeness (QED) is 0.637. The smallest absolute Gasteiger partial charge is 0.339 e. The highest BCUT2D eigenvalue weighted by molar-refractivity contribution is 6.33. The Morgan fingerprint density at radius 2 is 2.16 bits per heavy atom. The van der Waals surface area contributed by atoms with Gasteiger partial charge in [-0.05, 0) is 31.0 Å². The van der Waals surface area contributed by atoms with Gasteiger partial charge in [0.15, 0.2) is 0 Å². The lowest BCUT2D eigenvalue weighted by Crippen LogP contribution is -2.26. The number of hydrogen-bond donors (Lipinski definition) is 2. The Morgan fingerprint density at radius 3 is 2.84 bits per heavy atom. The fourth-order valence-corrected chi connectivity index (χ4v) is 1.74. The third kappa shape index (κ3) is 4.13. The lowest BCUT2D eigenvalue weighted by atomic mass is 10.2. The van der Waals surface area contributed by atoms with Crippen LogP contribution in [0.15, 0.2) is 18.2 Å². The van der Waals surface area contributed by atoms with E-state index in [9.17, 15) is 9.59 Å². The van der Waals surface area contributed by atoms with Crippen LogP contribution in [0.3, 0.4) is 0 Å². The molecule has 19 heavy (non-hydrogen) atoms. The summed E-state index contributed by atoms with van der Waals surface area (Å²) in [7, 11) is 0. The molecule has 0 unspecified atom stereocenters. The number of carbonyl (C=O) groups is 2. The van der Waals surface area contributed by atoms with Gasteiger partial charge in [0.25, 0.3) is 0 Å². The van der Waals surface area contributed by atoms with Gasteiger partial charge in [-0.2, -0.15) is 0 Å². The van der Waals surface area contributed by atoms with Gasteiger partial charge in [-0.3, -0.25) is 4.79 Å². The Balaban J connectivity index is 1.80. The Labute approximate surface area is 116 Å². The molecule has 1 amide bonds. The molecule has 102 valence electrons. The highest BCUT2D eigenvalue weighted by atomic mass is 35.5. The van der Waals surface area contributed by atoms with Gasteiger partial charge in [0.1, 0.15) is 6.61 Å². The molecule has 1 saturated carbocycles. The van der Waals surface area contributed by atoms with Crippen molar-refractivity contribution in [3.05, 3.63) is 28.8 Å². The number of hydrogen-bond acceptors (Lipinski definition) is 4. The van der Waals surface area contributed by atoms with Gasteiger partial charge in [-0.15, -0.1) is 0 Å². The lowest BCUT2D eigenvalue weighted by Gasteiger charge is -2.07. The Kier molecular flexibility index (Phi) is 4.27. The van der Waals surface area contributed by atoms with Crippen molar-refractivity contribution in [3.63, 3.8) is 0 Å². The number of rotatable bonds is 5. The van der Waals surface area contributed by atoms with Crippen molar-refractivity contribution in [2.45, 2.75) is 25.3 Å². The monoisotopic (exact) mass is 282 g/mol. The molecule has 0 radical (unpaired) electrons. The molecule has 1 aliphatic rings. The van der Waals surface area contributed by atoms with Crippen molar-refractivity contribution in [2.24, 2.45) is 0 Å². The first-order chi connectivity index (χ1) is 9.06. The Bertz CT molecular complexity index is 501. The SMILES string of the molecule is Nc1ccc(Cl)c(C(=O)OCCC(=O)NC2CC2)c1. The number of nitrogens with two attached hydrogens (primary N) is 1. The summed E-state index contributed by atoms with van der Waals surface area (Å²) in [5.41, 5.74) is 6.22. The number of halogens is 1. The van der Waals surface area contributed by atoms with Crippen LogP contribution in [-0.4, -0.2) is 24.5 Å². The van der Waals surface area contributed by atoms with Crippen LogP contribution in [-0.2, 0) is 9.53 Å². The number of ether oxygens (including phenoxy) is 1. The zero-order valence-corrected chi connectivity index (χ0v) is 11.1. The molecule has 0 aliphatic heterocycles. The van der Waals surface area contributed by atoms with Crippen LogP contribution < -0.4 is 11.1 Å². The summed E-state index contributed by atoms with van der Waals surface area (Å²) in [5, 5.41) is 3.09. The second-order valence-corrected chi connectivity index (χ2v) is 4.87. The van der Waals surface area contributed by atoms with Crippen molar-refractivity contribution in [1.29, 1.82) is 0 Å². The minimum absolute atomic E-state index is 0.0303. The van der Waals surface area contributed by atoms with Gasteiger partial charge in [0, 0.05) is 11.7 Å². The first kappa shape index (κ1) is 13.7. The molecule has 1 fully saturated rings. The van der Waals surface area contributed by atoms with E-state index in [1.54, 1.807) is 6.07 Å². The molecule has 6 heteroatoms. The molecule has 0 heterocycles. The normalized spacial score (nSPS) is 13.9. The van der Waals surface area contributed by atoms with Crippen LogP contribution in [0.1, 0.15) is 29.6 Å². The maximum absolute atomic E-state index is 11.7. The molecule has 1 aliphatic carbocycles. The van der Waals surface area contributed by atoms with Crippen LogP contribution in [0, 0.1) is 0 Å². The molecule has 3 N–H and O–H groups in total. The van der Waals surface area contributed by atoms with E-state index in [4.69, 9.17) is 22.1 Å². The van der Waals surface area contributed by atoms with E-state index in [0.29, 0.717) is 11.7 Å². The molecule has 0 bridgehead atoms. The van der Waals surface area contributed by atoms with E-state index < -0.39 is 5.97 Å². The van der Waals surface area contributed by atoms with Gasteiger partial charge < -0.3 is 15.8 Å². The number of benzene rings is 1. The predicted molar refractivity (Wildman–Crippen MR) is 71.9 cm³/mol. The minimum atomic E-state index is -0.573. The first-order valence-corrected chi connectivity index (χ1v) is 6.45. The molecule has 2 rings (SSSR count). The standard InChI is InChI=1S/C13H15ClN2O3/c14-11-4-1-8(15)7-10(11)13(18)19-6-5-12(17)16-9-2-3-9/h1,4,7,9H,2-3,5-6,15H2,(H,16,17). The molecule has 1 aromatic rings. The number of nitrogen functional groups attached to an aromatic ring is 1. The number of anilines is 1. The number of nitrogens with one attached hydrogen (secondary N) is 1. The average Bonchev–Trinajstić information content (AvgIpc) is 3.16. The summed E-state index contributed by atoms with van der Waals surface area (Å²) in [5.74, 6) is -0.675. The van der Waals surface area contributed by atoms with E-state index >= 15 is 0 Å². The van der Waals surface area contributed by atoms with Crippen LogP contribution in [0.5, 0.6) is 0 Å². The maximum Gasteiger partial charge on any atom is 0.339 e. The van der Waals surface area contributed by atoms with E-state index in [-0.39, 0.29) is 29.5 Å². The largest absolute Gasteiger partial charge is 0.462 e. The van der Waals surface area contributed by atoms with Crippen molar-refractivity contribution < 1.29 is 14.3 Å². The topological polar surface area (TPSA) is 81.4 Å². The fraction of sp³-hybridized carbons (Fsp3) is 0.385. The number of esters is 1. The van der Waals surface area contributed by atoms with E-state index in [1.807, 2.05) is 0 Å². The Hall–Kier alpha value is -1.75. The first-order valence-electron chi connectivity index (χ1n) is 6.08. The summed E-state index contributed by atoms with van der Waals surface area (Å²) in [6.45, 7) is 0.0303. The minimum Gasteiger partial charge on any atom is -0.462 e. The highest BCUT2D eigenvalue weighted by Gasteiger charge is 2.23.